The van der Waals surface area contributed by atoms with E-state index in [0.717, 1.165) is 4.31 Å². The molecular formula is C13H15N3O4S. The molecule has 1 aromatic carbocycles. The Morgan fingerprint density at radius 3 is 2.52 bits per heavy atom. The number of rotatable bonds is 6. The number of hydrogen-bond acceptors (Lipinski definition) is 4. The number of imidazole rings is 1. The van der Waals surface area contributed by atoms with E-state index >= 15 is 0 Å². The Morgan fingerprint density at radius 2 is 2.00 bits per heavy atom. The average molecular weight is 309 g/mol. The van der Waals surface area contributed by atoms with E-state index in [9.17, 15) is 13.2 Å². The molecule has 0 aliphatic carbocycles. The predicted molar refractivity (Wildman–Crippen MR) is 76.5 cm³/mol. The molecule has 8 heteroatoms. The summed E-state index contributed by atoms with van der Waals surface area (Å²) in [6.07, 6.45) is 2.78. The number of carboxylic acids is 1. The highest BCUT2D eigenvalue weighted by molar-refractivity contribution is 7.92. The maximum Gasteiger partial charge on any atom is 0.324 e. The van der Waals surface area contributed by atoms with Crippen molar-refractivity contribution in [3.63, 3.8) is 0 Å². The van der Waals surface area contributed by atoms with E-state index in [1.807, 2.05) is 6.92 Å². The summed E-state index contributed by atoms with van der Waals surface area (Å²) in [5.74, 6) is -1.24. The number of sulfonamides is 1. The van der Waals surface area contributed by atoms with E-state index in [2.05, 4.69) is 4.98 Å². The minimum absolute atomic E-state index is 0.172. The second-order valence-electron chi connectivity index (χ2n) is 4.28. The Hall–Kier alpha value is -2.35. The maximum atomic E-state index is 12.6. The molecule has 0 amide bonds. The van der Waals surface area contributed by atoms with Gasteiger partial charge in [-0.15, -0.1) is 0 Å². The highest BCUT2D eigenvalue weighted by atomic mass is 32.2. The summed E-state index contributed by atoms with van der Waals surface area (Å²) in [7, 11) is -4.02. The minimum Gasteiger partial charge on any atom is -0.480 e. The van der Waals surface area contributed by atoms with Crippen molar-refractivity contribution in [2.75, 3.05) is 10.8 Å². The lowest BCUT2D eigenvalue weighted by atomic mass is 10.3. The smallest absolute Gasteiger partial charge is 0.324 e. The molecule has 0 aliphatic rings. The third kappa shape index (κ3) is 3.22. The lowest BCUT2D eigenvalue weighted by molar-refractivity contribution is -0.135. The zero-order chi connectivity index (χ0) is 15.5. The van der Waals surface area contributed by atoms with Crippen molar-refractivity contribution in [1.29, 1.82) is 0 Å². The fraction of sp³-hybridized carbons (Fsp3) is 0.231. The molecule has 2 aromatic rings. The Labute approximate surface area is 122 Å². The molecule has 21 heavy (non-hydrogen) atoms. The van der Waals surface area contributed by atoms with Crippen LogP contribution in [-0.4, -0.2) is 35.6 Å². The van der Waals surface area contributed by atoms with E-state index < -0.39 is 22.5 Å². The minimum atomic E-state index is -4.02. The normalized spacial score (nSPS) is 11.3. The van der Waals surface area contributed by atoms with Crippen LogP contribution in [0.4, 0.5) is 5.69 Å². The molecule has 0 saturated heterocycles. The Kier molecular flexibility index (Phi) is 4.27. The molecule has 0 unspecified atom stereocenters. The second-order valence-corrected chi connectivity index (χ2v) is 6.09. The number of benzene rings is 1. The third-order valence-corrected chi connectivity index (χ3v) is 4.51. The number of carbonyl (C=O) groups is 1. The summed E-state index contributed by atoms with van der Waals surface area (Å²) in [6, 6.07) is 8.09. The number of para-hydroxylation sites is 1. The number of nitrogens with zero attached hydrogens (tertiary/aromatic N) is 3. The third-order valence-electron chi connectivity index (χ3n) is 2.85. The zero-order valence-corrected chi connectivity index (χ0v) is 12.2. The highest BCUT2D eigenvalue weighted by Gasteiger charge is 2.28. The molecular weight excluding hydrogens is 294 g/mol. The predicted octanol–water partition coefficient (Wildman–Crippen LogP) is 1.18. The molecule has 0 saturated carbocycles. The van der Waals surface area contributed by atoms with Gasteiger partial charge in [0.1, 0.15) is 6.54 Å². The van der Waals surface area contributed by atoms with Gasteiger partial charge in [-0.05, 0) is 19.1 Å². The van der Waals surface area contributed by atoms with Crippen LogP contribution in [0.2, 0.25) is 0 Å². The number of carboxylic acid groups (broad SMARTS) is 1. The molecule has 0 aliphatic heterocycles. The maximum absolute atomic E-state index is 12.6. The zero-order valence-electron chi connectivity index (χ0n) is 11.4. The van der Waals surface area contributed by atoms with Crippen LogP contribution in [0.15, 0.2) is 47.9 Å². The van der Waals surface area contributed by atoms with Gasteiger partial charge in [-0.2, -0.15) is 8.42 Å². The first kappa shape index (κ1) is 15.0. The van der Waals surface area contributed by atoms with E-state index in [1.165, 1.54) is 24.7 Å². The van der Waals surface area contributed by atoms with Gasteiger partial charge in [0.25, 0.3) is 10.0 Å². The first-order valence-electron chi connectivity index (χ1n) is 6.26. The lowest BCUT2D eigenvalue weighted by Crippen LogP contribution is -2.35. The standard InChI is InChI=1S/C13H15N3O4S/c1-2-15-8-12(14-10-15)21(19,20)16(9-13(17)18)11-6-4-3-5-7-11/h3-8,10H,2,9H2,1H3,(H,17,18). The summed E-state index contributed by atoms with van der Waals surface area (Å²) in [5, 5.41) is 8.80. The fourth-order valence-corrected chi connectivity index (χ4v) is 3.15. The van der Waals surface area contributed by atoms with Gasteiger partial charge in [0, 0.05) is 12.7 Å². The SMILES string of the molecule is CCn1cnc(S(=O)(=O)N(CC(=O)O)c2ccccc2)c1. The monoisotopic (exact) mass is 309 g/mol. The van der Waals surface area contributed by atoms with Crippen LogP contribution in [-0.2, 0) is 21.4 Å². The van der Waals surface area contributed by atoms with Gasteiger partial charge >= 0.3 is 5.97 Å². The summed E-state index contributed by atoms with van der Waals surface area (Å²) in [4.78, 5) is 14.8. The van der Waals surface area contributed by atoms with E-state index in [4.69, 9.17) is 5.11 Å². The highest BCUT2D eigenvalue weighted by Crippen LogP contribution is 2.22. The fourth-order valence-electron chi connectivity index (χ4n) is 1.79. The molecule has 7 nitrogen and oxygen atoms in total. The Balaban J connectivity index is 2.47. The molecule has 0 bridgehead atoms. The summed E-state index contributed by atoms with van der Waals surface area (Å²) in [5.41, 5.74) is 0.283. The summed E-state index contributed by atoms with van der Waals surface area (Å²) >= 11 is 0. The summed E-state index contributed by atoms with van der Waals surface area (Å²) < 4.78 is 27.6. The molecule has 2 rings (SSSR count). The van der Waals surface area contributed by atoms with Crippen LogP contribution < -0.4 is 4.31 Å². The van der Waals surface area contributed by atoms with Crippen LogP contribution in [0.1, 0.15) is 6.92 Å². The van der Waals surface area contributed by atoms with Crippen molar-refractivity contribution in [1.82, 2.24) is 9.55 Å². The van der Waals surface area contributed by atoms with Gasteiger partial charge in [0.2, 0.25) is 0 Å². The van der Waals surface area contributed by atoms with Crippen LogP contribution in [0.5, 0.6) is 0 Å². The van der Waals surface area contributed by atoms with Crippen molar-refractivity contribution in [2.24, 2.45) is 0 Å². The first-order valence-corrected chi connectivity index (χ1v) is 7.70. The molecule has 0 spiro atoms. The average Bonchev–Trinajstić information content (AvgIpc) is 2.95. The quantitative estimate of drug-likeness (QED) is 0.865. The Bertz CT molecular complexity index is 725. The van der Waals surface area contributed by atoms with E-state index in [-0.39, 0.29) is 10.7 Å². The van der Waals surface area contributed by atoms with Crippen molar-refractivity contribution in [2.45, 2.75) is 18.5 Å². The van der Waals surface area contributed by atoms with Gasteiger partial charge in [0.05, 0.1) is 12.0 Å². The van der Waals surface area contributed by atoms with Crippen LogP contribution in [0.25, 0.3) is 0 Å². The van der Waals surface area contributed by atoms with Crippen molar-refractivity contribution < 1.29 is 18.3 Å². The Morgan fingerprint density at radius 1 is 1.33 bits per heavy atom. The van der Waals surface area contributed by atoms with Gasteiger partial charge in [-0.25, -0.2) is 4.98 Å². The first-order chi connectivity index (χ1) is 9.95. The van der Waals surface area contributed by atoms with Gasteiger partial charge in [-0.3, -0.25) is 9.10 Å². The summed E-state index contributed by atoms with van der Waals surface area (Å²) in [6.45, 7) is 1.77. The lowest BCUT2D eigenvalue weighted by Gasteiger charge is -2.21. The molecule has 0 fully saturated rings. The topological polar surface area (TPSA) is 92.5 Å². The van der Waals surface area contributed by atoms with E-state index in [1.54, 1.807) is 22.8 Å². The van der Waals surface area contributed by atoms with Crippen molar-refractivity contribution >= 4 is 21.7 Å². The van der Waals surface area contributed by atoms with Gasteiger partial charge in [-0.1, -0.05) is 18.2 Å². The van der Waals surface area contributed by atoms with Crippen molar-refractivity contribution in [3.8, 4) is 0 Å². The van der Waals surface area contributed by atoms with Crippen LogP contribution in [0.3, 0.4) is 0 Å². The van der Waals surface area contributed by atoms with Gasteiger partial charge in [0.15, 0.2) is 5.03 Å². The molecule has 0 radical (unpaired) electrons. The van der Waals surface area contributed by atoms with Crippen LogP contribution in [0, 0.1) is 0 Å². The molecule has 1 N–H and O–H groups in total. The number of anilines is 1. The number of aliphatic carboxylic acids is 1. The second kappa shape index (κ2) is 5.96. The largest absolute Gasteiger partial charge is 0.480 e. The van der Waals surface area contributed by atoms with Crippen LogP contribution >= 0.6 is 0 Å². The molecule has 1 heterocycles. The number of hydrogen-bond donors (Lipinski definition) is 1. The number of aromatic nitrogens is 2. The van der Waals surface area contributed by atoms with Crippen molar-refractivity contribution in [3.05, 3.63) is 42.9 Å². The van der Waals surface area contributed by atoms with Gasteiger partial charge < -0.3 is 9.67 Å². The molecule has 1 aromatic heterocycles. The van der Waals surface area contributed by atoms with E-state index in [0.29, 0.717) is 6.54 Å². The molecule has 0 atom stereocenters. The number of aryl methyl sites for hydroxylation is 1. The molecule has 112 valence electrons.